The first-order valence-corrected chi connectivity index (χ1v) is 8.53. The minimum atomic E-state index is -4.39. The van der Waals surface area contributed by atoms with Gasteiger partial charge in [-0.2, -0.15) is 13.2 Å². The Bertz CT molecular complexity index is 948. The van der Waals surface area contributed by atoms with Crippen LogP contribution in [0.3, 0.4) is 0 Å². The van der Waals surface area contributed by atoms with Crippen LogP contribution in [0.2, 0.25) is 0 Å². The molecule has 6 heteroatoms. The van der Waals surface area contributed by atoms with Crippen LogP contribution in [0.1, 0.15) is 24.1 Å². The Morgan fingerprint density at radius 1 is 1.00 bits per heavy atom. The van der Waals surface area contributed by atoms with Crippen molar-refractivity contribution in [3.05, 3.63) is 77.9 Å². The summed E-state index contributed by atoms with van der Waals surface area (Å²) in [5, 5.41) is 7.76. The van der Waals surface area contributed by atoms with Crippen LogP contribution in [0, 0.1) is 0 Å². The molecule has 3 rings (SSSR count). The molecule has 3 nitrogen and oxygen atoms in total. The van der Waals surface area contributed by atoms with E-state index in [0.717, 1.165) is 22.9 Å². The highest BCUT2D eigenvalue weighted by Gasteiger charge is 2.30. The van der Waals surface area contributed by atoms with E-state index in [4.69, 9.17) is 0 Å². The van der Waals surface area contributed by atoms with E-state index in [1.807, 2.05) is 42.5 Å². The molecule has 0 fully saturated rings. The van der Waals surface area contributed by atoms with Gasteiger partial charge in [0.1, 0.15) is 0 Å². The van der Waals surface area contributed by atoms with E-state index >= 15 is 0 Å². The second-order valence-electron chi connectivity index (χ2n) is 6.30. The molecule has 0 saturated heterocycles. The van der Waals surface area contributed by atoms with Crippen LogP contribution < -0.4 is 10.6 Å². The van der Waals surface area contributed by atoms with Gasteiger partial charge in [-0.25, -0.2) is 0 Å². The number of alkyl halides is 3. The third kappa shape index (κ3) is 4.65. The van der Waals surface area contributed by atoms with E-state index < -0.39 is 17.8 Å². The first kappa shape index (κ1) is 18.9. The monoisotopic (exact) mass is 372 g/mol. The number of benzene rings is 3. The van der Waals surface area contributed by atoms with Gasteiger partial charge < -0.3 is 10.6 Å². The molecule has 0 aliphatic carbocycles. The maximum absolute atomic E-state index is 12.8. The van der Waals surface area contributed by atoms with Crippen LogP contribution in [0.15, 0.2) is 66.7 Å². The summed E-state index contributed by atoms with van der Waals surface area (Å²) in [6.07, 6.45) is -4.39. The first-order valence-electron chi connectivity index (χ1n) is 8.53. The number of carbonyl (C=O) groups excluding carboxylic acids is 1. The summed E-state index contributed by atoms with van der Waals surface area (Å²) in [6, 6.07) is 18.0. The van der Waals surface area contributed by atoms with Crippen LogP contribution in [0.25, 0.3) is 10.8 Å². The lowest BCUT2D eigenvalue weighted by atomic mass is 10.0. The number of amides is 1. The van der Waals surface area contributed by atoms with Crippen molar-refractivity contribution >= 4 is 22.4 Å². The summed E-state index contributed by atoms with van der Waals surface area (Å²) in [5.41, 5.74) is 0.475. The Morgan fingerprint density at radius 3 is 2.48 bits per heavy atom. The summed E-state index contributed by atoms with van der Waals surface area (Å²) in [5.74, 6) is -0.259. The SMILES string of the molecule is C[C@@H](NCC(=O)Nc1cccc2ccccc12)c1cccc(C(F)(F)F)c1. The molecular formula is C21H19F3N2O. The van der Waals surface area contributed by atoms with Gasteiger partial charge in [0, 0.05) is 17.1 Å². The summed E-state index contributed by atoms with van der Waals surface area (Å²) in [6.45, 7) is 1.71. The molecule has 0 aliphatic rings. The zero-order valence-electron chi connectivity index (χ0n) is 14.7. The lowest BCUT2D eigenvalue weighted by Gasteiger charge is -2.16. The molecule has 0 saturated carbocycles. The molecule has 1 amide bonds. The van der Waals surface area contributed by atoms with Gasteiger partial charge in [-0.1, -0.05) is 48.5 Å². The minimum absolute atomic E-state index is 0.0133. The number of hydrogen-bond donors (Lipinski definition) is 2. The van der Waals surface area contributed by atoms with Gasteiger partial charge in [0.25, 0.3) is 0 Å². The Labute approximate surface area is 155 Å². The molecule has 0 aliphatic heterocycles. The lowest BCUT2D eigenvalue weighted by molar-refractivity contribution is -0.137. The van der Waals surface area contributed by atoms with E-state index in [1.165, 1.54) is 6.07 Å². The Balaban J connectivity index is 1.64. The number of fused-ring (bicyclic) bond motifs is 1. The molecule has 3 aromatic rings. The Hall–Kier alpha value is -2.86. The van der Waals surface area contributed by atoms with Crippen LogP contribution >= 0.6 is 0 Å². The fourth-order valence-corrected chi connectivity index (χ4v) is 2.88. The van der Waals surface area contributed by atoms with Crippen LogP contribution in [0.4, 0.5) is 18.9 Å². The van der Waals surface area contributed by atoms with Crippen molar-refractivity contribution < 1.29 is 18.0 Å². The van der Waals surface area contributed by atoms with Gasteiger partial charge in [0.15, 0.2) is 0 Å². The van der Waals surface area contributed by atoms with E-state index in [1.54, 1.807) is 13.0 Å². The van der Waals surface area contributed by atoms with Gasteiger partial charge in [-0.05, 0) is 36.1 Å². The molecule has 140 valence electrons. The maximum Gasteiger partial charge on any atom is 0.416 e. The van der Waals surface area contributed by atoms with Crippen molar-refractivity contribution in [2.24, 2.45) is 0 Å². The van der Waals surface area contributed by atoms with Gasteiger partial charge in [0.05, 0.1) is 12.1 Å². The van der Waals surface area contributed by atoms with Gasteiger partial charge in [-0.15, -0.1) is 0 Å². The largest absolute Gasteiger partial charge is 0.416 e. The summed E-state index contributed by atoms with van der Waals surface area (Å²) in [7, 11) is 0. The number of hydrogen-bond acceptors (Lipinski definition) is 2. The first-order chi connectivity index (χ1) is 12.8. The van der Waals surface area contributed by atoms with Gasteiger partial charge in [-0.3, -0.25) is 4.79 Å². The van der Waals surface area contributed by atoms with Crippen molar-refractivity contribution in [1.29, 1.82) is 0 Å². The summed E-state index contributed by atoms with van der Waals surface area (Å²) < 4.78 is 38.5. The Kier molecular flexibility index (Phi) is 5.46. The molecule has 0 spiro atoms. The predicted molar refractivity (Wildman–Crippen MR) is 100 cm³/mol. The van der Waals surface area contributed by atoms with Crippen molar-refractivity contribution in [1.82, 2.24) is 5.32 Å². The van der Waals surface area contributed by atoms with Crippen molar-refractivity contribution in [2.45, 2.75) is 19.1 Å². The topological polar surface area (TPSA) is 41.1 Å². The molecule has 1 atom stereocenters. The highest BCUT2D eigenvalue weighted by Crippen LogP contribution is 2.30. The second kappa shape index (κ2) is 7.80. The standard InChI is InChI=1S/C21H19F3N2O/c1-14(16-8-4-9-17(12-16)21(22,23)24)25-13-20(27)26-19-11-5-7-15-6-2-3-10-18(15)19/h2-12,14,25H,13H2,1H3,(H,26,27)/t14-/m1/s1. The van der Waals surface area contributed by atoms with Crippen molar-refractivity contribution in [3.8, 4) is 0 Å². The third-order valence-electron chi connectivity index (χ3n) is 4.35. The van der Waals surface area contributed by atoms with Crippen LogP contribution in [0.5, 0.6) is 0 Å². The fraction of sp³-hybridized carbons (Fsp3) is 0.190. The number of nitrogens with one attached hydrogen (secondary N) is 2. The molecule has 0 aromatic heterocycles. The molecule has 3 aromatic carbocycles. The number of anilines is 1. The predicted octanol–water partition coefficient (Wildman–Crippen LogP) is 5.15. The van der Waals surface area contributed by atoms with E-state index in [2.05, 4.69) is 10.6 Å². The summed E-state index contributed by atoms with van der Waals surface area (Å²) >= 11 is 0. The third-order valence-corrected chi connectivity index (χ3v) is 4.35. The molecule has 2 N–H and O–H groups in total. The average Bonchev–Trinajstić information content (AvgIpc) is 2.66. The van der Waals surface area contributed by atoms with E-state index in [-0.39, 0.29) is 12.5 Å². The van der Waals surface area contributed by atoms with Crippen molar-refractivity contribution in [2.75, 3.05) is 11.9 Å². The lowest BCUT2D eigenvalue weighted by Crippen LogP contribution is -2.30. The summed E-state index contributed by atoms with van der Waals surface area (Å²) in [4.78, 5) is 12.3. The second-order valence-corrected chi connectivity index (χ2v) is 6.30. The molecular weight excluding hydrogens is 353 g/mol. The quantitative estimate of drug-likeness (QED) is 0.650. The number of halogens is 3. The van der Waals surface area contributed by atoms with E-state index in [0.29, 0.717) is 11.3 Å². The van der Waals surface area contributed by atoms with Crippen LogP contribution in [-0.4, -0.2) is 12.5 Å². The molecule has 0 heterocycles. The minimum Gasteiger partial charge on any atom is -0.324 e. The highest BCUT2D eigenvalue weighted by atomic mass is 19.4. The maximum atomic E-state index is 12.8. The average molecular weight is 372 g/mol. The molecule has 0 radical (unpaired) electrons. The Morgan fingerprint density at radius 2 is 1.70 bits per heavy atom. The molecule has 0 bridgehead atoms. The highest BCUT2D eigenvalue weighted by molar-refractivity contribution is 6.02. The zero-order chi connectivity index (χ0) is 19.4. The van der Waals surface area contributed by atoms with Crippen LogP contribution in [-0.2, 0) is 11.0 Å². The molecule has 0 unspecified atom stereocenters. The van der Waals surface area contributed by atoms with Gasteiger partial charge >= 0.3 is 6.18 Å². The zero-order valence-corrected chi connectivity index (χ0v) is 14.7. The van der Waals surface area contributed by atoms with Gasteiger partial charge in [0.2, 0.25) is 5.91 Å². The van der Waals surface area contributed by atoms with Crippen molar-refractivity contribution in [3.63, 3.8) is 0 Å². The number of carbonyl (C=O) groups is 1. The van der Waals surface area contributed by atoms with E-state index in [9.17, 15) is 18.0 Å². The fourth-order valence-electron chi connectivity index (χ4n) is 2.88. The smallest absolute Gasteiger partial charge is 0.324 e. The normalized spacial score (nSPS) is 12.7. The molecule has 27 heavy (non-hydrogen) atoms. The number of rotatable bonds is 5.